The Bertz CT molecular complexity index is 1060. The molecule has 0 radical (unpaired) electrons. The third kappa shape index (κ3) is 10.1. The molecule has 0 aliphatic heterocycles. The average Bonchev–Trinajstić information content (AvgIpc) is 2.89. The third-order valence-electron chi connectivity index (χ3n) is 6.10. The quantitative estimate of drug-likeness (QED) is 0.0863. The van der Waals surface area contributed by atoms with Gasteiger partial charge in [0.25, 0.3) is 0 Å². The van der Waals surface area contributed by atoms with Gasteiger partial charge in [0.1, 0.15) is 17.2 Å². The lowest BCUT2D eigenvalue weighted by molar-refractivity contribution is 0.0734. The molecule has 5 heteroatoms. The van der Waals surface area contributed by atoms with E-state index >= 15 is 0 Å². The van der Waals surface area contributed by atoms with Crippen LogP contribution in [0.5, 0.6) is 17.2 Å². The summed E-state index contributed by atoms with van der Waals surface area (Å²) in [5, 5.41) is 0.0507. The molecule has 0 aliphatic carbocycles. The fraction of sp³-hybridized carbons (Fsp3) is 0.406. The lowest BCUT2D eigenvalue weighted by Gasteiger charge is -2.16. The number of alkyl halides is 1. The summed E-state index contributed by atoms with van der Waals surface area (Å²) in [6.07, 6.45) is 8.28. The Morgan fingerprint density at radius 2 is 1.27 bits per heavy atom. The zero-order valence-electron chi connectivity index (χ0n) is 22.3. The van der Waals surface area contributed by atoms with Crippen LogP contribution in [-0.4, -0.2) is 24.1 Å². The van der Waals surface area contributed by atoms with Crippen molar-refractivity contribution in [3.8, 4) is 28.4 Å². The van der Waals surface area contributed by atoms with Gasteiger partial charge in [-0.25, -0.2) is 4.79 Å². The minimum atomic E-state index is -0.400. The molecule has 0 saturated carbocycles. The minimum absolute atomic E-state index is 0.00764. The highest BCUT2D eigenvalue weighted by molar-refractivity contribution is 6.20. The van der Waals surface area contributed by atoms with Crippen LogP contribution in [0.15, 0.2) is 72.8 Å². The van der Waals surface area contributed by atoms with Gasteiger partial charge in [0, 0.05) is 11.8 Å². The summed E-state index contributed by atoms with van der Waals surface area (Å²) in [5.41, 5.74) is 2.59. The number of ether oxygens (including phenoxy) is 3. The zero-order valence-corrected chi connectivity index (χ0v) is 23.0. The Balaban J connectivity index is 1.46. The number of esters is 1. The Kier molecular flexibility index (Phi) is 11.8. The van der Waals surface area contributed by atoms with Gasteiger partial charge in [-0.15, -0.1) is 11.6 Å². The van der Waals surface area contributed by atoms with Crippen LogP contribution in [0.2, 0.25) is 0 Å². The van der Waals surface area contributed by atoms with E-state index in [9.17, 15) is 4.79 Å². The zero-order chi connectivity index (χ0) is 26.5. The van der Waals surface area contributed by atoms with E-state index in [-0.39, 0.29) is 11.5 Å². The maximum absolute atomic E-state index is 12.6. The molecule has 0 unspecified atom stereocenters. The number of unbranched alkanes of at least 4 members (excludes halogenated alkanes) is 5. The van der Waals surface area contributed by atoms with Crippen LogP contribution in [0.4, 0.5) is 0 Å². The maximum atomic E-state index is 12.6. The number of rotatable bonds is 15. The second-order valence-electron chi connectivity index (χ2n) is 9.52. The molecule has 0 heterocycles. The first-order valence-corrected chi connectivity index (χ1v) is 13.8. The molecule has 0 fully saturated rings. The fourth-order valence-electron chi connectivity index (χ4n) is 4.10. The highest BCUT2D eigenvalue weighted by atomic mass is 35.5. The van der Waals surface area contributed by atoms with Gasteiger partial charge in [0.2, 0.25) is 0 Å². The van der Waals surface area contributed by atoms with Gasteiger partial charge >= 0.3 is 5.97 Å². The Morgan fingerprint density at radius 1 is 0.730 bits per heavy atom. The largest absolute Gasteiger partial charge is 0.494 e. The van der Waals surface area contributed by atoms with E-state index in [0.29, 0.717) is 17.1 Å². The monoisotopic (exact) mass is 522 g/mol. The number of hydrogen-bond donors (Lipinski definition) is 0. The molecule has 0 saturated heterocycles. The fourth-order valence-corrected chi connectivity index (χ4v) is 4.36. The summed E-state index contributed by atoms with van der Waals surface area (Å²) in [4.78, 5) is 12.6. The van der Waals surface area contributed by atoms with Crippen LogP contribution < -0.4 is 14.2 Å². The van der Waals surface area contributed by atoms with Crippen molar-refractivity contribution >= 4 is 17.6 Å². The first-order chi connectivity index (χ1) is 17.9. The van der Waals surface area contributed by atoms with Gasteiger partial charge in [-0.2, -0.15) is 0 Å². The third-order valence-corrected chi connectivity index (χ3v) is 6.28. The number of benzene rings is 3. The predicted molar refractivity (Wildman–Crippen MR) is 152 cm³/mol. The molecular weight excluding hydrogens is 484 g/mol. The van der Waals surface area contributed by atoms with Gasteiger partial charge in [0.15, 0.2) is 0 Å². The lowest BCUT2D eigenvalue weighted by Crippen LogP contribution is -2.15. The Hall–Kier alpha value is -2.98. The van der Waals surface area contributed by atoms with Gasteiger partial charge in [0.05, 0.1) is 18.3 Å². The van der Waals surface area contributed by atoms with Crippen LogP contribution in [-0.2, 0) is 0 Å². The smallest absolute Gasteiger partial charge is 0.343 e. The second kappa shape index (κ2) is 15.3. The highest BCUT2D eigenvalue weighted by Crippen LogP contribution is 2.25. The van der Waals surface area contributed by atoms with Crippen LogP contribution in [0.1, 0.15) is 76.1 Å². The summed E-state index contributed by atoms with van der Waals surface area (Å²) in [6.45, 7) is 6.92. The van der Waals surface area contributed by atoms with Crippen LogP contribution in [0.25, 0.3) is 11.1 Å². The molecule has 0 bridgehead atoms. The van der Waals surface area contributed by atoms with Crippen molar-refractivity contribution in [2.75, 3.05) is 6.61 Å². The molecule has 3 aromatic carbocycles. The van der Waals surface area contributed by atoms with Crippen molar-refractivity contribution < 1.29 is 19.0 Å². The van der Waals surface area contributed by atoms with Crippen molar-refractivity contribution in [1.82, 2.24) is 0 Å². The maximum Gasteiger partial charge on any atom is 0.343 e. The summed E-state index contributed by atoms with van der Waals surface area (Å²) in [5.74, 6) is 1.67. The molecule has 37 heavy (non-hydrogen) atoms. The van der Waals surface area contributed by atoms with Crippen molar-refractivity contribution in [2.24, 2.45) is 0 Å². The molecule has 0 amide bonds. The molecular formula is C32H39ClO4. The van der Waals surface area contributed by atoms with E-state index in [4.69, 9.17) is 25.8 Å². The number of halogens is 1. The molecule has 0 aromatic heterocycles. The molecule has 198 valence electrons. The second-order valence-corrected chi connectivity index (χ2v) is 10.3. The highest BCUT2D eigenvalue weighted by Gasteiger charge is 2.11. The molecule has 0 aliphatic rings. The summed E-state index contributed by atoms with van der Waals surface area (Å²) >= 11 is 6.02. The molecule has 0 N–H and O–H groups in total. The van der Waals surface area contributed by atoms with Crippen molar-refractivity contribution in [3.63, 3.8) is 0 Å². The van der Waals surface area contributed by atoms with Crippen LogP contribution in [0, 0.1) is 0 Å². The first kappa shape index (κ1) is 28.6. The van der Waals surface area contributed by atoms with E-state index < -0.39 is 5.97 Å². The number of carbonyl (C=O) groups excluding carboxylic acids is 1. The first-order valence-electron chi connectivity index (χ1n) is 13.4. The standard InChI is InChI=1S/C32H39ClO4/c1-4-5-6-7-8-9-22-35-29-16-14-27(15-17-29)26-10-12-28(13-11-26)32(34)37-31-20-18-30(19-21-31)36-25(3)23-24(2)33/h10-21,24-25H,4-9,22-23H2,1-3H3/t24-,25-/m0/s1. The summed E-state index contributed by atoms with van der Waals surface area (Å²) < 4.78 is 17.2. The van der Waals surface area contributed by atoms with Gasteiger partial charge in [-0.1, -0.05) is 63.3 Å². The van der Waals surface area contributed by atoms with E-state index in [0.717, 1.165) is 36.3 Å². The normalized spacial score (nSPS) is 12.5. The Morgan fingerprint density at radius 3 is 1.89 bits per heavy atom. The Labute approximate surface area is 226 Å². The number of carbonyl (C=O) groups is 1. The van der Waals surface area contributed by atoms with Crippen molar-refractivity contribution in [2.45, 2.75) is 77.2 Å². The molecule has 3 rings (SSSR count). The molecule has 2 atom stereocenters. The SMILES string of the molecule is CCCCCCCCOc1ccc(-c2ccc(C(=O)Oc3ccc(O[C@@H](C)C[C@H](C)Cl)cc3)cc2)cc1. The number of hydrogen-bond acceptors (Lipinski definition) is 4. The van der Waals surface area contributed by atoms with Gasteiger partial charge < -0.3 is 14.2 Å². The van der Waals surface area contributed by atoms with Crippen molar-refractivity contribution in [3.05, 3.63) is 78.4 Å². The molecule has 3 aromatic rings. The van der Waals surface area contributed by atoms with E-state index in [1.165, 1.54) is 32.1 Å². The van der Waals surface area contributed by atoms with Crippen LogP contribution in [0.3, 0.4) is 0 Å². The van der Waals surface area contributed by atoms with Crippen LogP contribution >= 0.6 is 11.6 Å². The van der Waals surface area contributed by atoms with E-state index in [1.807, 2.05) is 50.2 Å². The molecule has 0 spiro atoms. The van der Waals surface area contributed by atoms with Crippen molar-refractivity contribution in [1.29, 1.82) is 0 Å². The predicted octanol–water partition coefficient (Wildman–Crippen LogP) is 9.10. The van der Waals surface area contributed by atoms with Gasteiger partial charge in [-0.3, -0.25) is 0 Å². The summed E-state index contributed by atoms with van der Waals surface area (Å²) in [6, 6.07) is 22.6. The molecule has 4 nitrogen and oxygen atoms in total. The van der Waals surface area contributed by atoms with Gasteiger partial charge in [-0.05, 0) is 79.9 Å². The summed E-state index contributed by atoms with van der Waals surface area (Å²) in [7, 11) is 0. The van der Waals surface area contributed by atoms with E-state index in [2.05, 4.69) is 6.92 Å². The lowest BCUT2D eigenvalue weighted by atomic mass is 10.0. The minimum Gasteiger partial charge on any atom is -0.494 e. The van der Waals surface area contributed by atoms with E-state index in [1.54, 1.807) is 36.4 Å². The topological polar surface area (TPSA) is 44.8 Å². The average molecular weight is 523 g/mol.